The fourth-order valence-electron chi connectivity index (χ4n) is 6.77. The molecule has 246 valence electrons. The molecule has 0 aliphatic carbocycles. The predicted molar refractivity (Wildman–Crippen MR) is 210 cm³/mol. The molecule has 50 heavy (non-hydrogen) atoms. The van der Waals surface area contributed by atoms with Crippen LogP contribution in [0.25, 0.3) is 72.8 Å². The molecule has 3 aromatic heterocycles. The van der Waals surface area contributed by atoms with Gasteiger partial charge in [0, 0.05) is 39.2 Å². The lowest BCUT2D eigenvalue weighted by Gasteiger charge is -2.22. The van der Waals surface area contributed by atoms with E-state index in [9.17, 15) is 0 Å². The van der Waals surface area contributed by atoms with Gasteiger partial charge >= 0.3 is 0 Å². The van der Waals surface area contributed by atoms with Crippen molar-refractivity contribution in [2.75, 3.05) is 0 Å². The molecule has 4 heteroatoms. The van der Waals surface area contributed by atoms with E-state index in [2.05, 4.69) is 191 Å². The summed E-state index contributed by atoms with van der Waals surface area (Å²) in [5.41, 5.74) is 14.0. The van der Waals surface area contributed by atoms with Gasteiger partial charge in [0.05, 0.1) is 22.2 Å². The number of nitrogens with one attached hydrogen (secondary N) is 1. The van der Waals surface area contributed by atoms with Gasteiger partial charge in [-0.1, -0.05) is 108 Å². The number of imidazole rings is 1. The number of rotatable bonds is 5. The van der Waals surface area contributed by atoms with Crippen LogP contribution in [0, 0.1) is 0 Å². The van der Waals surface area contributed by atoms with Crippen LogP contribution in [0.2, 0.25) is 0 Å². The van der Waals surface area contributed by atoms with Gasteiger partial charge < -0.3 is 4.98 Å². The molecule has 0 amide bonds. The Morgan fingerprint density at radius 3 is 1.90 bits per heavy atom. The van der Waals surface area contributed by atoms with Crippen molar-refractivity contribution in [3.8, 4) is 50.8 Å². The van der Waals surface area contributed by atoms with Crippen LogP contribution in [0.4, 0.5) is 0 Å². The van der Waals surface area contributed by atoms with Crippen molar-refractivity contribution in [2.45, 2.75) is 52.4 Å². The minimum Gasteiger partial charge on any atom is -0.354 e. The number of nitrogens with zero attached hydrogens (tertiary/aromatic N) is 3. The zero-order valence-corrected chi connectivity index (χ0v) is 29.6. The summed E-state index contributed by atoms with van der Waals surface area (Å²) in [6.45, 7) is 13.6. The van der Waals surface area contributed by atoms with E-state index in [0.29, 0.717) is 0 Å². The number of aromatic amines is 1. The smallest absolute Gasteiger partial charge is 0.145 e. The molecule has 0 aliphatic heterocycles. The normalized spacial score (nSPS) is 12.2. The molecule has 5 aromatic carbocycles. The van der Waals surface area contributed by atoms with Gasteiger partial charge in [-0.15, -0.1) is 0 Å². The van der Waals surface area contributed by atoms with Crippen molar-refractivity contribution >= 4 is 21.9 Å². The van der Waals surface area contributed by atoms with Crippen LogP contribution in [0.15, 0.2) is 140 Å². The predicted octanol–water partition coefficient (Wildman–Crippen LogP) is 12.2. The summed E-state index contributed by atoms with van der Waals surface area (Å²) in [4.78, 5) is 14.4. The molecule has 0 bridgehead atoms. The van der Waals surface area contributed by atoms with Gasteiger partial charge in [-0.05, 0) is 100 Å². The Balaban J connectivity index is 1.34. The number of benzene rings is 5. The minimum atomic E-state index is -0.0872. The summed E-state index contributed by atoms with van der Waals surface area (Å²) >= 11 is 0. The van der Waals surface area contributed by atoms with Gasteiger partial charge in [0.1, 0.15) is 5.82 Å². The molecular formula is C46H42N4. The largest absolute Gasteiger partial charge is 0.354 e. The van der Waals surface area contributed by atoms with E-state index in [-0.39, 0.29) is 10.8 Å². The fraction of sp³-hybridized carbons (Fsp3) is 0.174. The number of pyridine rings is 1. The van der Waals surface area contributed by atoms with Crippen LogP contribution < -0.4 is 0 Å². The zero-order valence-electron chi connectivity index (χ0n) is 29.6. The van der Waals surface area contributed by atoms with Gasteiger partial charge in [-0.3, -0.25) is 4.57 Å². The van der Waals surface area contributed by atoms with Crippen LogP contribution >= 0.6 is 0 Å². The third-order valence-corrected chi connectivity index (χ3v) is 9.65. The van der Waals surface area contributed by atoms with Crippen molar-refractivity contribution in [3.63, 3.8) is 0 Å². The number of aromatic nitrogens is 4. The molecule has 1 N–H and O–H groups in total. The van der Waals surface area contributed by atoms with E-state index in [4.69, 9.17) is 9.97 Å². The summed E-state index contributed by atoms with van der Waals surface area (Å²) in [6, 6.07) is 49.6. The summed E-state index contributed by atoms with van der Waals surface area (Å²) < 4.78 is 2.27. The summed E-state index contributed by atoms with van der Waals surface area (Å²) in [5.74, 6) is 0.917. The fourth-order valence-corrected chi connectivity index (χ4v) is 6.77. The van der Waals surface area contributed by atoms with E-state index < -0.39 is 0 Å². The first kappa shape index (κ1) is 31.5. The van der Waals surface area contributed by atoms with E-state index in [1.807, 2.05) is 0 Å². The molecule has 0 unspecified atom stereocenters. The van der Waals surface area contributed by atoms with Crippen molar-refractivity contribution in [2.24, 2.45) is 0 Å². The summed E-state index contributed by atoms with van der Waals surface area (Å²) in [7, 11) is 0. The quantitative estimate of drug-likeness (QED) is 0.201. The van der Waals surface area contributed by atoms with E-state index in [0.717, 1.165) is 72.8 Å². The molecular weight excluding hydrogens is 609 g/mol. The van der Waals surface area contributed by atoms with Gasteiger partial charge in [0.2, 0.25) is 0 Å². The lowest BCUT2D eigenvalue weighted by atomic mass is 9.84. The molecule has 0 spiro atoms. The lowest BCUT2D eigenvalue weighted by molar-refractivity contribution is 0.590. The molecule has 8 aromatic rings. The highest BCUT2D eigenvalue weighted by Crippen LogP contribution is 2.39. The van der Waals surface area contributed by atoms with Crippen LogP contribution in [-0.2, 0) is 10.8 Å². The highest BCUT2D eigenvalue weighted by Gasteiger charge is 2.22. The highest BCUT2D eigenvalue weighted by molar-refractivity contribution is 5.96. The maximum Gasteiger partial charge on any atom is 0.145 e. The van der Waals surface area contributed by atoms with Crippen LogP contribution in [-0.4, -0.2) is 19.5 Å². The number of H-pyrrole nitrogens is 1. The molecule has 4 nitrogen and oxygen atoms in total. The summed E-state index contributed by atoms with van der Waals surface area (Å²) in [6.07, 6.45) is 0. The monoisotopic (exact) mass is 650 g/mol. The lowest BCUT2D eigenvalue weighted by Crippen LogP contribution is -2.12. The average Bonchev–Trinajstić information content (AvgIpc) is 3.77. The number of hydrogen-bond donors (Lipinski definition) is 1. The molecule has 3 heterocycles. The Morgan fingerprint density at radius 2 is 1.16 bits per heavy atom. The average molecular weight is 651 g/mol. The molecule has 0 saturated carbocycles. The van der Waals surface area contributed by atoms with Gasteiger partial charge in [0.15, 0.2) is 0 Å². The third-order valence-electron chi connectivity index (χ3n) is 9.65. The number of para-hydroxylation sites is 3. The molecule has 0 radical (unpaired) electrons. The first-order valence-electron chi connectivity index (χ1n) is 17.4. The second-order valence-electron chi connectivity index (χ2n) is 15.3. The number of fused-ring (bicyclic) bond motifs is 2. The Morgan fingerprint density at radius 1 is 0.520 bits per heavy atom. The minimum absolute atomic E-state index is 0.0172. The maximum absolute atomic E-state index is 5.46. The van der Waals surface area contributed by atoms with Gasteiger partial charge in [-0.2, -0.15) is 0 Å². The highest BCUT2D eigenvalue weighted by atomic mass is 15.1. The topological polar surface area (TPSA) is 46.5 Å². The van der Waals surface area contributed by atoms with Crippen molar-refractivity contribution < 1.29 is 0 Å². The van der Waals surface area contributed by atoms with Gasteiger partial charge in [-0.25, -0.2) is 9.97 Å². The first-order chi connectivity index (χ1) is 24.0. The molecule has 8 rings (SSSR count). The van der Waals surface area contributed by atoms with Crippen molar-refractivity contribution in [3.05, 3.63) is 151 Å². The standard InChI is InChI=1S/C46H42N4/c1-45(2,3)34-27-32(25-33(28-34)44-49-41-19-13-14-20-42(41)50(44)36-17-11-8-12-18-36)39-22-21-31-26-35(46(4,5)6)29-37(43(31)48-39)40-24-23-38(47-40)30-15-9-7-10-16-30/h7-29,47H,1-6H3. The van der Waals surface area contributed by atoms with Crippen LogP contribution in [0.3, 0.4) is 0 Å². The summed E-state index contributed by atoms with van der Waals surface area (Å²) in [5, 5.41) is 1.13. The molecule has 0 saturated heterocycles. The molecule has 0 aliphatic rings. The van der Waals surface area contributed by atoms with E-state index in [1.54, 1.807) is 0 Å². The Labute approximate surface area is 294 Å². The van der Waals surface area contributed by atoms with Crippen molar-refractivity contribution in [1.82, 2.24) is 19.5 Å². The van der Waals surface area contributed by atoms with Gasteiger partial charge in [0.25, 0.3) is 0 Å². The zero-order chi connectivity index (χ0) is 34.6. The third kappa shape index (κ3) is 5.81. The second kappa shape index (κ2) is 12.0. The van der Waals surface area contributed by atoms with Crippen molar-refractivity contribution in [1.29, 1.82) is 0 Å². The van der Waals surface area contributed by atoms with E-state index >= 15 is 0 Å². The van der Waals surface area contributed by atoms with Crippen LogP contribution in [0.5, 0.6) is 0 Å². The Bertz CT molecular complexity index is 2490. The SMILES string of the molecule is CC(C)(C)c1cc(-c2ccc3cc(C(C)(C)C)cc(-c4ccc(-c5ccccc5)[nH]4)c3n2)cc(-c2nc3ccccc3n2-c2ccccc2)c1. The maximum atomic E-state index is 5.46. The number of hydrogen-bond acceptors (Lipinski definition) is 2. The second-order valence-corrected chi connectivity index (χ2v) is 15.3. The Hall–Kier alpha value is -5.74. The Kier molecular flexibility index (Phi) is 7.56. The molecule has 0 fully saturated rings. The van der Waals surface area contributed by atoms with E-state index in [1.165, 1.54) is 11.1 Å². The first-order valence-corrected chi connectivity index (χ1v) is 17.4. The molecule has 0 atom stereocenters. The van der Waals surface area contributed by atoms with Crippen LogP contribution in [0.1, 0.15) is 52.7 Å².